The zero-order valence-electron chi connectivity index (χ0n) is 8.09. The fourth-order valence-corrected chi connectivity index (χ4v) is 1.86. The number of hydrogen-bond donors (Lipinski definition) is 0. The molecule has 0 aliphatic rings. The van der Waals surface area contributed by atoms with Gasteiger partial charge in [-0.25, -0.2) is 4.39 Å². The highest BCUT2D eigenvalue weighted by molar-refractivity contribution is 7.98. The lowest BCUT2D eigenvalue weighted by Gasteiger charge is -1.97. The van der Waals surface area contributed by atoms with E-state index in [0.29, 0.717) is 17.9 Å². The molecule has 0 N–H and O–H groups in total. The molecular weight excluding hydrogens is 231 g/mol. The SMILES string of the molecule is O=Cc1nc(CSc2cccc(F)c2)no1. The van der Waals surface area contributed by atoms with Crippen molar-refractivity contribution in [2.45, 2.75) is 10.6 Å². The minimum Gasteiger partial charge on any atom is -0.331 e. The van der Waals surface area contributed by atoms with Crippen LogP contribution in [0.3, 0.4) is 0 Å². The third-order valence-corrected chi connectivity index (χ3v) is 2.74. The first-order valence-corrected chi connectivity index (χ1v) is 5.42. The van der Waals surface area contributed by atoms with Crippen LogP contribution in [-0.4, -0.2) is 16.4 Å². The highest BCUT2D eigenvalue weighted by Crippen LogP contribution is 2.21. The number of aromatic nitrogens is 2. The zero-order chi connectivity index (χ0) is 11.4. The van der Waals surface area contributed by atoms with Crippen LogP contribution in [0.5, 0.6) is 0 Å². The van der Waals surface area contributed by atoms with Gasteiger partial charge in [-0.05, 0) is 18.2 Å². The largest absolute Gasteiger partial charge is 0.331 e. The fraction of sp³-hybridized carbons (Fsp3) is 0.100. The van der Waals surface area contributed by atoms with E-state index < -0.39 is 0 Å². The number of nitrogens with zero attached hydrogens (tertiary/aromatic N) is 2. The van der Waals surface area contributed by atoms with Crippen LogP contribution in [0.4, 0.5) is 4.39 Å². The molecule has 16 heavy (non-hydrogen) atoms. The molecule has 1 aromatic carbocycles. The molecule has 0 saturated carbocycles. The van der Waals surface area contributed by atoms with Crippen molar-refractivity contribution in [1.82, 2.24) is 10.1 Å². The highest BCUT2D eigenvalue weighted by atomic mass is 32.2. The van der Waals surface area contributed by atoms with E-state index in [1.54, 1.807) is 12.1 Å². The molecule has 1 heterocycles. The van der Waals surface area contributed by atoms with Crippen LogP contribution < -0.4 is 0 Å². The highest BCUT2D eigenvalue weighted by Gasteiger charge is 2.05. The minimum absolute atomic E-state index is 0.0464. The summed E-state index contributed by atoms with van der Waals surface area (Å²) < 4.78 is 17.5. The van der Waals surface area contributed by atoms with Gasteiger partial charge < -0.3 is 4.52 Å². The standard InChI is InChI=1S/C10H7FN2O2S/c11-7-2-1-3-8(4-7)16-6-9-12-10(5-14)15-13-9/h1-5H,6H2. The lowest BCUT2D eigenvalue weighted by molar-refractivity contribution is 0.108. The molecule has 0 aliphatic heterocycles. The molecule has 6 heteroatoms. The molecule has 2 rings (SSSR count). The summed E-state index contributed by atoms with van der Waals surface area (Å²) in [7, 11) is 0. The van der Waals surface area contributed by atoms with Gasteiger partial charge in [-0.1, -0.05) is 11.2 Å². The van der Waals surface area contributed by atoms with Gasteiger partial charge >= 0.3 is 0 Å². The Labute approximate surface area is 94.9 Å². The topological polar surface area (TPSA) is 56.0 Å². The molecular formula is C10H7FN2O2S. The van der Waals surface area contributed by atoms with E-state index in [4.69, 9.17) is 0 Å². The van der Waals surface area contributed by atoms with Crippen LogP contribution in [-0.2, 0) is 5.75 Å². The molecule has 0 aliphatic carbocycles. The number of carbonyl (C=O) groups excluding carboxylic acids is 1. The summed E-state index contributed by atoms with van der Waals surface area (Å²) in [6.45, 7) is 0. The van der Waals surface area contributed by atoms with Crippen molar-refractivity contribution >= 4 is 18.0 Å². The first kappa shape index (κ1) is 10.8. The number of hydrogen-bond acceptors (Lipinski definition) is 5. The molecule has 2 aromatic rings. The third kappa shape index (κ3) is 2.66. The maximum absolute atomic E-state index is 12.8. The number of thioether (sulfide) groups is 1. The molecule has 0 saturated heterocycles. The number of aldehydes is 1. The predicted molar refractivity (Wildman–Crippen MR) is 55.6 cm³/mol. The third-order valence-electron chi connectivity index (χ3n) is 1.75. The Morgan fingerprint density at radius 2 is 2.38 bits per heavy atom. The van der Waals surface area contributed by atoms with Crippen molar-refractivity contribution in [3.63, 3.8) is 0 Å². The van der Waals surface area contributed by atoms with Gasteiger partial charge in [0.1, 0.15) is 5.82 Å². The van der Waals surface area contributed by atoms with E-state index in [1.807, 2.05) is 0 Å². The molecule has 1 aromatic heterocycles. The monoisotopic (exact) mass is 238 g/mol. The van der Waals surface area contributed by atoms with Crippen molar-refractivity contribution < 1.29 is 13.7 Å². The van der Waals surface area contributed by atoms with E-state index in [2.05, 4.69) is 14.7 Å². The summed E-state index contributed by atoms with van der Waals surface area (Å²) in [4.78, 5) is 14.9. The maximum Gasteiger partial charge on any atom is 0.290 e. The maximum atomic E-state index is 12.8. The Hall–Kier alpha value is -1.69. The van der Waals surface area contributed by atoms with E-state index in [-0.39, 0.29) is 11.7 Å². The molecule has 0 fully saturated rings. The first-order chi connectivity index (χ1) is 7.78. The van der Waals surface area contributed by atoms with Gasteiger partial charge in [0.25, 0.3) is 5.89 Å². The number of carbonyl (C=O) groups is 1. The fourth-order valence-electron chi connectivity index (χ4n) is 1.08. The summed E-state index contributed by atoms with van der Waals surface area (Å²) in [5, 5.41) is 3.59. The molecule has 0 atom stereocenters. The lowest BCUT2D eigenvalue weighted by atomic mass is 10.4. The molecule has 0 spiro atoms. The van der Waals surface area contributed by atoms with Gasteiger partial charge in [0, 0.05) is 4.90 Å². The minimum atomic E-state index is -0.285. The second kappa shape index (κ2) is 4.89. The number of halogens is 1. The van der Waals surface area contributed by atoms with Crippen LogP contribution in [0.2, 0.25) is 0 Å². The lowest BCUT2D eigenvalue weighted by Crippen LogP contribution is -1.85. The Kier molecular flexibility index (Phi) is 3.31. The van der Waals surface area contributed by atoms with E-state index >= 15 is 0 Å². The van der Waals surface area contributed by atoms with Gasteiger partial charge in [-0.15, -0.1) is 11.8 Å². The van der Waals surface area contributed by atoms with Crippen molar-refractivity contribution in [2.75, 3.05) is 0 Å². The average molecular weight is 238 g/mol. The van der Waals surface area contributed by atoms with Crippen LogP contribution in [0.1, 0.15) is 16.5 Å². The normalized spacial score (nSPS) is 10.3. The second-order valence-electron chi connectivity index (χ2n) is 2.91. The van der Waals surface area contributed by atoms with Gasteiger partial charge in [-0.2, -0.15) is 4.98 Å². The van der Waals surface area contributed by atoms with E-state index in [1.165, 1.54) is 23.9 Å². The van der Waals surface area contributed by atoms with Crippen LogP contribution in [0.25, 0.3) is 0 Å². The summed E-state index contributed by atoms with van der Waals surface area (Å²) in [5.41, 5.74) is 0. The van der Waals surface area contributed by atoms with Crippen molar-refractivity contribution in [3.8, 4) is 0 Å². The quantitative estimate of drug-likeness (QED) is 0.604. The van der Waals surface area contributed by atoms with Gasteiger partial charge in [0.15, 0.2) is 5.82 Å². The Morgan fingerprint density at radius 1 is 1.50 bits per heavy atom. The molecule has 0 amide bonds. The van der Waals surface area contributed by atoms with Crippen molar-refractivity contribution in [1.29, 1.82) is 0 Å². The molecule has 0 bridgehead atoms. The smallest absolute Gasteiger partial charge is 0.290 e. The summed E-state index contributed by atoms with van der Waals surface area (Å²) in [6.07, 6.45) is 0.489. The van der Waals surface area contributed by atoms with Crippen LogP contribution >= 0.6 is 11.8 Å². The number of rotatable bonds is 4. The van der Waals surface area contributed by atoms with E-state index in [0.717, 1.165) is 4.90 Å². The molecule has 4 nitrogen and oxygen atoms in total. The molecule has 82 valence electrons. The molecule has 0 unspecified atom stereocenters. The number of benzene rings is 1. The second-order valence-corrected chi connectivity index (χ2v) is 3.96. The summed E-state index contributed by atoms with van der Waals surface area (Å²) >= 11 is 1.37. The van der Waals surface area contributed by atoms with Gasteiger partial charge in [-0.3, -0.25) is 4.79 Å². The molecule has 0 radical (unpaired) electrons. The van der Waals surface area contributed by atoms with Crippen molar-refractivity contribution in [2.24, 2.45) is 0 Å². The Balaban J connectivity index is 1.99. The predicted octanol–water partition coefficient (Wildman–Crippen LogP) is 2.31. The summed E-state index contributed by atoms with van der Waals surface area (Å²) in [6, 6.07) is 6.22. The summed E-state index contributed by atoms with van der Waals surface area (Å²) in [5.74, 6) is 0.513. The van der Waals surface area contributed by atoms with Gasteiger partial charge in [0.2, 0.25) is 6.29 Å². The Morgan fingerprint density at radius 3 is 3.06 bits per heavy atom. The van der Waals surface area contributed by atoms with Crippen LogP contribution in [0.15, 0.2) is 33.7 Å². The Bertz CT molecular complexity index is 501. The van der Waals surface area contributed by atoms with E-state index in [9.17, 15) is 9.18 Å². The van der Waals surface area contributed by atoms with Crippen LogP contribution in [0, 0.1) is 5.82 Å². The average Bonchev–Trinajstić information content (AvgIpc) is 2.74. The van der Waals surface area contributed by atoms with Crippen molar-refractivity contribution in [3.05, 3.63) is 41.8 Å². The van der Waals surface area contributed by atoms with Gasteiger partial charge in [0.05, 0.1) is 5.75 Å². The first-order valence-electron chi connectivity index (χ1n) is 4.44. The zero-order valence-corrected chi connectivity index (χ0v) is 8.91.